The van der Waals surface area contributed by atoms with Gasteiger partial charge in [-0.1, -0.05) is 6.92 Å². The van der Waals surface area contributed by atoms with E-state index in [0.717, 1.165) is 19.1 Å². The molecule has 10 heavy (non-hydrogen) atoms. The predicted molar refractivity (Wildman–Crippen MR) is 43.9 cm³/mol. The normalized spacial score (nSPS) is 27.6. The molecule has 0 radical (unpaired) electrons. The quantitative estimate of drug-likeness (QED) is 0.632. The molecule has 1 aliphatic heterocycles. The summed E-state index contributed by atoms with van der Waals surface area (Å²) in [6.07, 6.45) is 4.05. The fourth-order valence-electron chi connectivity index (χ4n) is 1.82. The third-order valence-corrected chi connectivity index (χ3v) is 2.39. The van der Waals surface area contributed by atoms with Crippen molar-refractivity contribution in [1.82, 2.24) is 4.90 Å². The van der Waals surface area contributed by atoms with Crippen LogP contribution >= 0.6 is 0 Å². The van der Waals surface area contributed by atoms with E-state index in [-0.39, 0.29) is 0 Å². The third-order valence-electron chi connectivity index (χ3n) is 2.39. The maximum Gasteiger partial charge on any atom is 0.0108 e. The van der Waals surface area contributed by atoms with E-state index in [1.807, 2.05) is 0 Å². The van der Waals surface area contributed by atoms with E-state index < -0.39 is 0 Å². The standard InChI is InChI=1S/C8H18N2/c1-2-8-4-3-6-10(8)7-5-9/h8H,2-7,9H2,1H3/t8-/m1/s1. The Morgan fingerprint density at radius 1 is 1.60 bits per heavy atom. The Hall–Kier alpha value is -0.0800. The summed E-state index contributed by atoms with van der Waals surface area (Å²) in [5.41, 5.74) is 5.48. The average molecular weight is 142 g/mol. The molecule has 1 aliphatic rings. The molecule has 0 unspecified atom stereocenters. The van der Waals surface area contributed by atoms with Crippen LogP contribution in [0, 0.1) is 0 Å². The van der Waals surface area contributed by atoms with Gasteiger partial charge in [0.1, 0.15) is 0 Å². The van der Waals surface area contributed by atoms with Crippen molar-refractivity contribution in [3.05, 3.63) is 0 Å². The molecule has 2 heteroatoms. The van der Waals surface area contributed by atoms with Gasteiger partial charge in [0.25, 0.3) is 0 Å². The predicted octanol–water partition coefficient (Wildman–Crippen LogP) is 0.820. The van der Waals surface area contributed by atoms with Crippen LogP contribution in [0.3, 0.4) is 0 Å². The highest BCUT2D eigenvalue weighted by molar-refractivity contribution is 4.77. The van der Waals surface area contributed by atoms with Crippen molar-refractivity contribution in [2.45, 2.75) is 32.2 Å². The van der Waals surface area contributed by atoms with Crippen LogP contribution in [-0.2, 0) is 0 Å². The molecule has 1 saturated heterocycles. The van der Waals surface area contributed by atoms with Crippen LogP contribution in [0.2, 0.25) is 0 Å². The Labute approximate surface area is 63.4 Å². The van der Waals surface area contributed by atoms with Crippen LogP contribution in [0.15, 0.2) is 0 Å². The zero-order valence-corrected chi connectivity index (χ0v) is 6.84. The van der Waals surface area contributed by atoms with Crippen molar-refractivity contribution in [1.29, 1.82) is 0 Å². The van der Waals surface area contributed by atoms with E-state index in [9.17, 15) is 0 Å². The molecule has 2 N–H and O–H groups in total. The lowest BCUT2D eigenvalue weighted by atomic mass is 10.2. The second-order valence-corrected chi connectivity index (χ2v) is 3.03. The van der Waals surface area contributed by atoms with E-state index in [1.165, 1.54) is 25.8 Å². The van der Waals surface area contributed by atoms with Crippen LogP contribution < -0.4 is 5.73 Å². The van der Waals surface area contributed by atoms with E-state index in [0.29, 0.717) is 0 Å². The van der Waals surface area contributed by atoms with Gasteiger partial charge >= 0.3 is 0 Å². The fraction of sp³-hybridized carbons (Fsp3) is 1.00. The summed E-state index contributed by atoms with van der Waals surface area (Å²) < 4.78 is 0. The van der Waals surface area contributed by atoms with Gasteiger partial charge in [-0.2, -0.15) is 0 Å². The summed E-state index contributed by atoms with van der Waals surface area (Å²) in [4.78, 5) is 2.51. The van der Waals surface area contributed by atoms with Crippen LogP contribution in [0.5, 0.6) is 0 Å². The second-order valence-electron chi connectivity index (χ2n) is 3.03. The van der Waals surface area contributed by atoms with Crippen molar-refractivity contribution < 1.29 is 0 Å². The highest BCUT2D eigenvalue weighted by Crippen LogP contribution is 2.18. The monoisotopic (exact) mass is 142 g/mol. The van der Waals surface area contributed by atoms with Gasteiger partial charge in [0, 0.05) is 19.1 Å². The molecule has 60 valence electrons. The molecule has 0 bridgehead atoms. The summed E-state index contributed by atoms with van der Waals surface area (Å²) in [5.74, 6) is 0. The van der Waals surface area contributed by atoms with Crippen LogP contribution in [0.4, 0.5) is 0 Å². The van der Waals surface area contributed by atoms with Crippen molar-refractivity contribution >= 4 is 0 Å². The summed E-state index contributed by atoms with van der Waals surface area (Å²) in [7, 11) is 0. The molecule has 0 amide bonds. The Morgan fingerprint density at radius 3 is 3.00 bits per heavy atom. The first-order valence-corrected chi connectivity index (χ1v) is 4.32. The van der Waals surface area contributed by atoms with Gasteiger partial charge in [0.05, 0.1) is 0 Å². The summed E-state index contributed by atoms with van der Waals surface area (Å²) in [6.45, 7) is 5.45. The number of hydrogen-bond acceptors (Lipinski definition) is 2. The first-order valence-electron chi connectivity index (χ1n) is 4.32. The minimum Gasteiger partial charge on any atom is -0.329 e. The molecule has 0 saturated carbocycles. The maximum absolute atomic E-state index is 5.48. The molecule has 0 spiro atoms. The Balaban J connectivity index is 2.27. The van der Waals surface area contributed by atoms with E-state index in [2.05, 4.69) is 11.8 Å². The highest BCUT2D eigenvalue weighted by Gasteiger charge is 2.20. The van der Waals surface area contributed by atoms with Crippen molar-refractivity contribution in [2.24, 2.45) is 5.73 Å². The lowest BCUT2D eigenvalue weighted by Crippen LogP contribution is -2.33. The SMILES string of the molecule is CC[C@@H]1CCCN1CCN. The van der Waals surface area contributed by atoms with Gasteiger partial charge in [0.2, 0.25) is 0 Å². The minimum absolute atomic E-state index is 0.816. The first kappa shape index (κ1) is 8.02. The number of rotatable bonds is 3. The lowest BCUT2D eigenvalue weighted by Gasteiger charge is -2.21. The Kier molecular flexibility index (Phi) is 3.16. The number of hydrogen-bond donors (Lipinski definition) is 1. The maximum atomic E-state index is 5.48. The number of likely N-dealkylation sites (tertiary alicyclic amines) is 1. The molecule has 1 heterocycles. The van der Waals surface area contributed by atoms with Crippen LogP contribution in [-0.4, -0.2) is 30.6 Å². The van der Waals surface area contributed by atoms with Crippen molar-refractivity contribution in [3.8, 4) is 0 Å². The summed E-state index contributed by atoms with van der Waals surface area (Å²) in [5, 5.41) is 0. The van der Waals surface area contributed by atoms with E-state index in [4.69, 9.17) is 5.73 Å². The smallest absolute Gasteiger partial charge is 0.0108 e. The topological polar surface area (TPSA) is 29.3 Å². The van der Waals surface area contributed by atoms with Crippen molar-refractivity contribution in [2.75, 3.05) is 19.6 Å². The van der Waals surface area contributed by atoms with E-state index in [1.54, 1.807) is 0 Å². The number of nitrogens with two attached hydrogens (primary N) is 1. The molecule has 2 nitrogen and oxygen atoms in total. The second kappa shape index (κ2) is 3.94. The van der Waals surface area contributed by atoms with Crippen LogP contribution in [0.1, 0.15) is 26.2 Å². The fourth-order valence-corrected chi connectivity index (χ4v) is 1.82. The van der Waals surface area contributed by atoms with Gasteiger partial charge in [-0.15, -0.1) is 0 Å². The van der Waals surface area contributed by atoms with Crippen molar-refractivity contribution in [3.63, 3.8) is 0 Å². The molecule has 0 aromatic heterocycles. The number of nitrogens with zero attached hydrogens (tertiary/aromatic N) is 1. The molecule has 1 fully saturated rings. The Bertz CT molecular complexity index is 93.3. The van der Waals surface area contributed by atoms with Gasteiger partial charge in [0.15, 0.2) is 0 Å². The van der Waals surface area contributed by atoms with E-state index >= 15 is 0 Å². The van der Waals surface area contributed by atoms with Gasteiger partial charge in [-0.25, -0.2) is 0 Å². The molecule has 0 aliphatic carbocycles. The molecule has 1 rings (SSSR count). The summed E-state index contributed by atoms with van der Waals surface area (Å²) in [6, 6.07) is 0.837. The molecular weight excluding hydrogens is 124 g/mol. The third kappa shape index (κ3) is 1.70. The average Bonchev–Trinajstić information content (AvgIpc) is 2.36. The zero-order valence-electron chi connectivity index (χ0n) is 6.84. The largest absolute Gasteiger partial charge is 0.329 e. The lowest BCUT2D eigenvalue weighted by molar-refractivity contribution is 0.255. The molecular formula is C8H18N2. The van der Waals surface area contributed by atoms with Gasteiger partial charge < -0.3 is 5.73 Å². The zero-order chi connectivity index (χ0) is 7.40. The molecule has 0 aromatic rings. The van der Waals surface area contributed by atoms with Gasteiger partial charge in [-0.05, 0) is 25.8 Å². The summed E-state index contributed by atoms with van der Waals surface area (Å²) >= 11 is 0. The molecule has 1 atom stereocenters. The highest BCUT2D eigenvalue weighted by atomic mass is 15.2. The Morgan fingerprint density at radius 2 is 2.40 bits per heavy atom. The van der Waals surface area contributed by atoms with Gasteiger partial charge in [-0.3, -0.25) is 4.90 Å². The molecule has 0 aromatic carbocycles. The minimum atomic E-state index is 0.816. The first-order chi connectivity index (χ1) is 4.88. The van der Waals surface area contributed by atoms with Crippen LogP contribution in [0.25, 0.3) is 0 Å².